The molecule has 0 aromatic heterocycles. The smallest absolute Gasteiger partial charge is 0.262 e. The number of carbonyl (C=O) groups is 1. The minimum Gasteiger partial charge on any atom is -0.507 e. The van der Waals surface area contributed by atoms with E-state index < -0.39 is 28.9 Å². The Kier molecular flexibility index (Phi) is 5.08. The summed E-state index contributed by atoms with van der Waals surface area (Å²) < 4.78 is 32.8. The van der Waals surface area contributed by atoms with Gasteiger partial charge in [-0.05, 0) is 26.0 Å². The first-order valence-electron chi connectivity index (χ1n) is 8.34. The zero-order valence-corrected chi connectivity index (χ0v) is 14.5. The van der Waals surface area contributed by atoms with Crippen LogP contribution in [0.4, 0.5) is 20.2 Å². The first-order chi connectivity index (χ1) is 12.3. The number of hydrogen-bond donors (Lipinski definition) is 2. The lowest BCUT2D eigenvalue weighted by atomic mass is 10.1. The number of anilines is 2. The molecular formula is C19H20F2N2O3. The van der Waals surface area contributed by atoms with Crippen molar-refractivity contribution in [2.24, 2.45) is 0 Å². The summed E-state index contributed by atoms with van der Waals surface area (Å²) in [5.74, 6) is -3.66. The fraction of sp³-hybridized carbons (Fsp3) is 0.316. The van der Waals surface area contributed by atoms with Gasteiger partial charge in [0.2, 0.25) is 0 Å². The molecule has 2 aromatic carbocycles. The van der Waals surface area contributed by atoms with Gasteiger partial charge >= 0.3 is 0 Å². The number of para-hydroxylation sites is 2. The third-order valence-corrected chi connectivity index (χ3v) is 4.17. The van der Waals surface area contributed by atoms with Crippen molar-refractivity contribution >= 4 is 17.3 Å². The Morgan fingerprint density at radius 2 is 1.85 bits per heavy atom. The van der Waals surface area contributed by atoms with Crippen molar-refractivity contribution in [2.45, 2.75) is 26.1 Å². The van der Waals surface area contributed by atoms with Crippen LogP contribution in [0, 0.1) is 11.6 Å². The van der Waals surface area contributed by atoms with Gasteiger partial charge in [-0.3, -0.25) is 4.79 Å². The topological polar surface area (TPSA) is 61.8 Å². The number of rotatable bonds is 3. The number of halogens is 2. The van der Waals surface area contributed by atoms with E-state index in [2.05, 4.69) is 10.2 Å². The zero-order chi connectivity index (χ0) is 18.8. The van der Waals surface area contributed by atoms with Crippen molar-refractivity contribution in [3.8, 4) is 5.75 Å². The SMILES string of the molecule is C[C@H]1CN(c2ccccc2NC(=O)c2c(O)cc(F)cc2F)C[C@H](C)O1. The molecule has 2 atom stereocenters. The van der Waals surface area contributed by atoms with Crippen molar-refractivity contribution in [3.63, 3.8) is 0 Å². The van der Waals surface area contributed by atoms with Crippen molar-refractivity contribution in [1.82, 2.24) is 0 Å². The maximum Gasteiger partial charge on any atom is 0.262 e. The van der Waals surface area contributed by atoms with Gasteiger partial charge in [0.05, 0.1) is 23.6 Å². The zero-order valence-electron chi connectivity index (χ0n) is 14.5. The number of phenolic OH excluding ortho intramolecular Hbond substituents is 1. The van der Waals surface area contributed by atoms with Crippen molar-refractivity contribution < 1.29 is 23.4 Å². The molecule has 1 heterocycles. The highest BCUT2D eigenvalue weighted by atomic mass is 19.1. The number of hydrogen-bond acceptors (Lipinski definition) is 4. The van der Waals surface area contributed by atoms with Crippen LogP contribution in [0.2, 0.25) is 0 Å². The molecule has 1 aliphatic rings. The van der Waals surface area contributed by atoms with Crippen LogP contribution in [0.25, 0.3) is 0 Å². The highest BCUT2D eigenvalue weighted by Crippen LogP contribution is 2.30. The highest BCUT2D eigenvalue weighted by Gasteiger charge is 2.25. The van der Waals surface area contributed by atoms with Crippen LogP contribution in [-0.2, 0) is 4.74 Å². The normalized spacial score (nSPS) is 20.1. The summed E-state index contributed by atoms with van der Waals surface area (Å²) in [7, 11) is 0. The lowest BCUT2D eigenvalue weighted by Crippen LogP contribution is -2.45. The second-order valence-corrected chi connectivity index (χ2v) is 6.42. The molecule has 1 saturated heterocycles. The molecular weight excluding hydrogens is 342 g/mol. The number of benzene rings is 2. The van der Waals surface area contributed by atoms with Crippen molar-refractivity contribution in [2.75, 3.05) is 23.3 Å². The van der Waals surface area contributed by atoms with E-state index >= 15 is 0 Å². The van der Waals surface area contributed by atoms with Crippen molar-refractivity contribution in [3.05, 3.63) is 53.6 Å². The van der Waals surface area contributed by atoms with E-state index in [-0.39, 0.29) is 12.2 Å². The van der Waals surface area contributed by atoms with E-state index in [0.717, 1.165) is 5.69 Å². The number of nitrogens with zero attached hydrogens (tertiary/aromatic N) is 1. The van der Waals surface area contributed by atoms with E-state index in [0.29, 0.717) is 30.9 Å². The molecule has 1 fully saturated rings. The van der Waals surface area contributed by atoms with Crippen LogP contribution in [-0.4, -0.2) is 36.3 Å². The lowest BCUT2D eigenvalue weighted by molar-refractivity contribution is -0.00517. The Balaban J connectivity index is 1.88. The van der Waals surface area contributed by atoms with E-state index in [4.69, 9.17) is 4.74 Å². The van der Waals surface area contributed by atoms with Gasteiger partial charge in [0, 0.05) is 25.2 Å². The second-order valence-electron chi connectivity index (χ2n) is 6.42. The summed E-state index contributed by atoms with van der Waals surface area (Å²) in [4.78, 5) is 14.5. The van der Waals surface area contributed by atoms with Gasteiger partial charge in [0.25, 0.3) is 5.91 Å². The van der Waals surface area contributed by atoms with Gasteiger partial charge in [-0.1, -0.05) is 12.1 Å². The maximum absolute atomic E-state index is 13.9. The fourth-order valence-electron chi connectivity index (χ4n) is 3.20. The minimum absolute atomic E-state index is 0.0288. The maximum atomic E-state index is 13.9. The monoisotopic (exact) mass is 362 g/mol. The number of amides is 1. The molecule has 2 N–H and O–H groups in total. The first-order valence-corrected chi connectivity index (χ1v) is 8.34. The summed E-state index contributed by atoms with van der Waals surface area (Å²) in [5, 5.41) is 12.4. The Hall–Kier alpha value is -2.67. The van der Waals surface area contributed by atoms with E-state index in [1.54, 1.807) is 12.1 Å². The molecule has 0 bridgehead atoms. The molecule has 5 nitrogen and oxygen atoms in total. The third-order valence-electron chi connectivity index (χ3n) is 4.17. The average molecular weight is 362 g/mol. The Labute approximate surface area is 150 Å². The number of carbonyl (C=O) groups excluding carboxylic acids is 1. The first kappa shape index (κ1) is 18.1. The molecule has 1 amide bonds. The molecule has 0 unspecified atom stereocenters. The van der Waals surface area contributed by atoms with E-state index in [9.17, 15) is 18.7 Å². The largest absolute Gasteiger partial charge is 0.507 e. The molecule has 1 aliphatic heterocycles. The molecule has 0 aliphatic carbocycles. The van der Waals surface area contributed by atoms with Gasteiger partial charge in [0.1, 0.15) is 22.9 Å². The van der Waals surface area contributed by atoms with Crippen molar-refractivity contribution in [1.29, 1.82) is 0 Å². The number of phenols is 1. The fourth-order valence-corrected chi connectivity index (χ4v) is 3.20. The van der Waals surface area contributed by atoms with Gasteiger partial charge in [-0.25, -0.2) is 8.78 Å². The minimum atomic E-state index is -1.12. The van der Waals surface area contributed by atoms with Crippen LogP contribution >= 0.6 is 0 Å². The average Bonchev–Trinajstić information content (AvgIpc) is 2.53. The number of morpholine rings is 1. The summed E-state index contributed by atoms with van der Waals surface area (Å²) in [5.41, 5.74) is 0.650. The quantitative estimate of drug-likeness (QED) is 0.877. The molecule has 0 spiro atoms. The molecule has 138 valence electrons. The lowest BCUT2D eigenvalue weighted by Gasteiger charge is -2.37. The Bertz CT molecular complexity index is 795. The molecule has 26 heavy (non-hydrogen) atoms. The van der Waals surface area contributed by atoms with Gasteiger partial charge in [-0.2, -0.15) is 0 Å². The number of aromatic hydroxyl groups is 1. The third kappa shape index (κ3) is 3.77. The second kappa shape index (κ2) is 7.29. The highest BCUT2D eigenvalue weighted by molar-refractivity contribution is 6.07. The number of nitrogens with one attached hydrogen (secondary N) is 1. The van der Waals surface area contributed by atoms with Crippen LogP contribution < -0.4 is 10.2 Å². The predicted molar refractivity (Wildman–Crippen MR) is 94.6 cm³/mol. The van der Waals surface area contributed by atoms with Gasteiger partial charge < -0.3 is 20.1 Å². The molecule has 2 aromatic rings. The van der Waals surface area contributed by atoms with Crippen LogP contribution in [0.1, 0.15) is 24.2 Å². The number of ether oxygens (including phenoxy) is 1. The van der Waals surface area contributed by atoms with Gasteiger partial charge in [-0.15, -0.1) is 0 Å². The van der Waals surface area contributed by atoms with Crippen LogP contribution in [0.3, 0.4) is 0 Å². The summed E-state index contributed by atoms with van der Waals surface area (Å²) in [6, 6.07) is 8.39. The molecule has 3 rings (SSSR count). The van der Waals surface area contributed by atoms with E-state index in [1.807, 2.05) is 26.0 Å². The summed E-state index contributed by atoms with van der Waals surface area (Å²) in [6.07, 6.45) is 0.0576. The van der Waals surface area contributed by atoms with Gasteiger partial charge in [0.15, 0.2) is 0 Å². The Morgan fingerprint density at radius 3 is 2.50 bits per heavy atom. The molecule has 0 radical (unpaired) electrons. The summed E-state index contributed by atoms with van der Waals surface area (Å²) >= 11 is 0. The van der Waals surface area contributed by atoms with Crippen LogP contribution in [0.15, 0.2) is 36.4 Å². The standard InChI is InChI=1S/C19H20F2N2O3/c1-11-9-23(10-12(2)26-11)16-6-4-3-5-15(16)22-19(25)18-14(21)7-13(20)8-17(18)24/h3-8,11-12,24H,9-10H2,1-2H3,(H,22,25)/t11-,12-/m0/s1. The van der Waals surface area contributed by atoms with Crippen LogP contribution in [0.5, 0.6) is 5.75 Å². The Morgan fingerprint density at radius 1 is 1.19 bits per heavy atom. The summed E-state index contributed by atoms with van der Waals surface area (Å²) in [6.45, 7) is 5.23. The molecule has 0 saturated carbocycles. The predicted octanol–water partition coefficient (Wildman–Crippen LogP) is 3.54. The molecule has 7 heteroatoms. The van der Waals surface area contributed by atoms with E-state index in [1.165, 1.54) is 0 Å².